The molecule has 0 bridgehead atoms. The van der Waals surface area contributed by atoms with Crippen molar-refractivity contribution in [2.24, 2.45) is 0 Å². The molecule has 0 N–H and O–H groups in total. The molecule has 0 spiro atoms. The van der Waals surface area contributed by atoms with E-state index >= 15 is 0 Å². The topological polar surface area (TPSA) is 18.5 Å². The second kappa shape index (κ2) is 6.91. The maximum Gasteiger partial charge on any atom is 0.260 e. The second-order valence-electron chi connectivity index (χ2n) is 12.1. The third kappa shape index (κ3) is 2.50. The van der Waals surface area contributed by atoms with Gasteiger partial charge in [-0.3, -0.25) is 0 Å². The van der Waals surface area contributed by atoms with E-state index in [0.29, 0.717) is 0 Å². The molecule has 0 atom stereocenters. The lowest BCUT2D eigenvalue weighted by Crippen LogP contribution is -2.57. The van der Waals surface area contributed by atoms with Crippen molar-refractivity contribution in [3.8, 4) is 34.1 Å². The van der Waals surface area contributed by atoms with Crippen molar-refractivity contribution in [3.63, 3.8) is 0 Å². The van der Waals surface area contributed by atoms with Gasteiger partial charge in [0.15, 0.2) is 0 Å². The summed E-state index contributed by atoms with van der Waals surface area (Å²) < 4.78 is 13.5. The molecule has 2 heterocycles. The van der Waals surface area contributed by atoms with Gasteiger partial charge in [0, 0.05) is 16.4 Å². The summed E-state index contributed by atoms with van der Waals surface area (Å²) in [5, 5.41) is 2.44. The molecule has 0 saturated carbocycles. The highest BCUT2D eigenvalue weighted by atomic mass is 16.5. The maximum absolute atomic E-state index is 6.94. The van der Waals surface area contributed by atoms with E-state index in [0.717, 1.165) is 34.0 Å². The average molecular weight is 490 g/mol. The van der Waals surface area contributed by atoms with E-state index in [1.165, 1.54) is 68.8 Å². The van der Waals surface area contributed by atoms with Crippen LogP contribution in [0.3, 0.4) is 0 Å². The van der Waals surface area contributed by atoms with Gasteiger partial charge in [0.1, 0.15) is 23.0 Å². The molecule has 5 aromatic carbocycles. The van der Waals surface area contributed by atoms with Gasteiger partial charge in [-0.2, -0.15) is 0 Å². The molecule has 2 nitrogen and oxygen atoms in total. The summed E-state index contributed by atoms with van der Waals surface area (Å²) >= 11 is 0. The van der Waals surface area contributed by atoms with Crippen molar-refractivity contribution in [2.75, 3.05) is 0 Å². The summed E-state index contributed by atoms with van der Waals surface area (Å²) in [5.41, 5.74) is 13.4. The smallest absolute Gasteiger partial charge is 0.260 e. The Morgan fingerprint density at radius 1 is 0.763 bits per heavy atom. The minimum Gasteiger partial charge on any atom is -0.458 e. The molecule has 2 aliphatic carbocycles. The first kappa shape index (κ1) is 21.0. The molecule has 182 valence electrons. The molecule has 38 heavy (non-hydrogen) atoms. The van der Waals surface area contributed by atoms with Gasteiger partial charge in [0.25, 0.3) is 6.71 Å². The Kier molecular flexibility index (Phi) is 3.82. The van der Waals surface area contributed by atoms with Gasteiger partial charge in [-0.15, -0.1) is 0 Å². The number of fused-ring (bicyclic) bond motifs is 11. The fourth-order valence-corrected chi connectivity index (χ4v) is 7.89. The maximum atomic E-state index is 6.94. The van der Waals surface area contributed by atoms with Crippen molar-refractivity contribution >= 4 is 33.9 Å². The third-order valence-corrected chi connectivity index (χ3v) is 9.51. The molecule has 0 radical (unpaired) electrons. The molecular weight excluding hydrogens is 463 g/mol. The number of aryl methyl sites for hydroxylation is 2. The van der Waals surface area contributed by atoms with Crippen molar-refractivity contribution < 1.29 is 9.47 Å². The van der Waals surface area contributed by atoms with Crippen molar-refractivity contribution in [1.29, 1.82) is 0 Å². The molecule has 0 aromatic heterocycles. The predicted octanol–water partition coefficient (Wildman–Crippen LogP) is 6.67. The fraction of sp³-hybridized carbons (Fsp3) is 0.200. The van der Waals surface area contributed by atoms with Crippen LogP contribution in [0, 0.1) is 6.92 Å². The zero-order valence-corrected chi connectivity index (χ0v) is 21.9. The van der Waals surface area contributed by atoms with Crippen LogP contribution in [0.5, 0.6) is 23.0 Å². The molecule has 0 unspecified atom stereocenters. The first-order valence-corrected chi connectivity index (χ1v) is 13.8. The molecular formula is C35H27BO2. The molecule has 0 fully saturated rings. The molecule has 3 heteroatoms. The lowest BCUT2D eigenvalue weighted by molar-refractivity contribution is 0.464. The summed E-state index contributed by atoms with van der Waals surface area (Å²) in [6.45, 7) is 7.00. The van der Waals surface area contributed by atoms with E-state index in [-0.39, 0.29) is 12.1 Å². The van der Waals surface area contributed by atoms with Gasteiger partial charge >= 0.3 is 0 Å². The standard InChI is InChI=1S/C35H27BO2/c1-19-15-29-33-30(16-19)38-34-26(36(33)27-17-21-7-4-5-8-22(21)18-28(27)37-29)14-13-25-31(34)24-12-11-20-9-6-10-23(20)32(24)35(25,2)3/h4-5,7-8,11-18H,6,9-10H2,1-3H3. The van der Waals surface area contributed by atoms with E-state index in [2.05, 4.69) is 93.6 Å². The van der Waals surface area contributed by atoms with E-state index in [9.17, 15) is 0 Å². The largest absolute Gasteiger partial charge is 0.458 e. The van der Waals surface area contributed by atoms with Gasteiger partial charge in [-0.05, 0) is 99.5 Å². The Hall–Kier alpha value is -3.98. The molecule has 0 amide bonds. The molecule has 2 aliphatic heterocycles. The predicted molar refractivity (Wildman–Crippen MR) is 156 cm³/mol. The molecule has 9 rings (SSSR count). The normalized spacial score (nSPS) is 16.6. The first-order chi connectivity index (χ1) is 18.5. The van der Waals surface area contributed by atoms with Crippen LogP contribution in [0.1, 0.15) is 48.1 Å². The summed E-state index contributed by atoms with van der Waals surface area (Å²) in [6.07, 6.45) is 3.64. The van der Waals surface area contributed by atoms with Crippen LogP contribution >= 0.6 is 0 Å². The van der Waals surface area contributed by atoms with E-state index in [1.807, 2.05) is 0 Å². The Bertz CT molecular complexity index is 1900. The van der Waals surface area contributed by atoms with Crippen molar-refractivity contribution in [3.05, 3.63) is 101 Å². The minimum absolute atomic E-state index is 0.0411. The van der Waals surface area contributed by atoms with Gasteiger partial charge in [-0.25, -0.2) is 0 Å². The second-order valence-corrected chi connectivity index (χ2v) is 12.1. The number of ether oxygens (including phenoxy) is 2. The van der Waals surface area contributed by atoms with Crippen LogP contribution in [0.2, 0.25) is 0 Å². The van der Waals surface area contributed by atoms with Gasteiger partial charge in [-0.1, -0.05) is 68.4 Å². The lowest BCUT2D eigenvalue weighted by Gasteiger charge is -2.34. The fourth-order valence-electron chi connectivity index (χ4n) is 7.89. The monoisotopic (exact) mass is 490 g/mol. The third-order valence-electron chi connectivity index (χ3n) is 9.51. The Morgan fingerprint density at radius 3 is 2.39 bits per heavy atom. The minimum atomic E-state index is -0.0411. The van der Waals surface area contributed by atoms with Crippen LogP contribution in [0.15, 0.2) is 72.8 Å². The van der Waals surface area contributed by atoms with Crippen molar-refractivity contribution in [2.45, 2.75) is 45.4 Å². The highest BCUT2D eigenvalue weighted by Crippen LogP contribution is 2.55. The zero-order valence-electron chi connectivity index (χ0n) is 21.9. The number of hydrogen-bond donors (Lipinski definition) is 0. The van der Waals surface area contributed by atoms with E-state index in [1.54, 1.807) is 5.56 Å². The number of benzene rings is 5. The summed E-state index contributed by atoms with van der Waals surface area (Å²) in [4.78, 5) is 0. The average Bonchev–Trinajstić information content (AvgIpc) is 3.47. The van der Waals surface area contributed by atoms with Gasteiger partial charge in [0.2, 0.25) is 0 Å². The van der Waals surface area contributed by atoms with Crippen LogP contribution in [-0.4, -0.2) is 6.71 Å². The van der Waals surface area contributed by atoms with Crippen LogP contribution < -0.4 is 25.9 Å². The summed E-state index contributed by atoms with van der Waals surface area (Å²) in [6, 6.07) is 26.9. The number of rotatable bonds is 0. The van der Waals surface area contributed by atoms with Crippen LogP contribution in [0.4, 0.5) is 0 Å². The molecule has 5 aromatic rings. The lowest BCUT2D eigenvalue weighted by atomic mass is 9.34. The summed E-state index contributed by atoms with van der Waals surface area (Å²) in [5.74, 6) is 3.82. The Labute approximate surface area is 223 Å². The van der Waals surface area contributed by atoms with Crippen LogP contribution in [0.25, 0.3) is 21.9 Å². The van der Waals surface area contributed by atoms with Crippen molar-refractivity contribution in [1.82, 2.24) is 0 Å². The Balaban J connectivity index is 1.36. The highest BCUT2D eigenvalue weighted by molar-refractivity contribution is 6.98. The van der Waals surface area contributed by atoms with Gasteiger partial charge in [0.05, 0.1) is 0 Å². The molecule has 4 aliphatic rings. The highest BCUT2D eigenvalue weighted by Gasteiger charge is 2.46. The first-order valence-electron chi connectivity index (χ1n) is 13.8. The van der Waals surface area contributed by atoms with Crippen LogP contribution in [-0.2, 0) is 18.3 Å². The van der Waals surface area contributed by atoms with E-state index < -0.39 is 0 Å². The van der Waals surface area contributed by atoms with Gasteiger partial charge < -0.3 is 9.47 Å². The number of hydrogen-bond acceptors (Lipinski definition) is 2. The Morgan fingerprint density at radius 2 is 1.55 bits per heavy atom. The quantitative estimate of drug-likeness (QED) is 0.221. The zero-order chi connectivity index (χ0) is 25.3. The summed E-state index contributed by atoms with van der Waals surface area (Å²) in [7, 11) is 0. The van der Waals surface area contributed by atoms with E-state index in [4.69, 9.17) is 9.47 Å². The SMILES string of the molecule is Cc1cc2c3c(c1)Oc1c(ccc4c1-c1ccc5c(c1C4(C)C)CCC5)B3c1cc3ccccc3cc1O2. The molecule has 0 saturated heterocycles.